The maximum absolute atomic E-state index is 11.8. The number of rotatable bonds is 5. The first-order chi connectivity index (χ1) is 8.95. The van der Waals surface area contributed by atoms with Crippen LogP contribution >= 0.6 is 0 Å². The molecule has 0 saturated carbocycles. The van der Waals surface area contributed by atoms with Gasteiger partial charge in [0.05, 0.1) is 13.1 Å². The Balaban J connectivity index is 2.61. The van der Waals surface area contributed by atoms with Crippen molar-refractivity contribution in [3.05, 3.63) is 23.5 Å². The van der Waals surface area contributed by atoms with E-state index in [2.05, 4.69) is 16.6 Å². The first-order valence-electron chi connectivity index (χ1n) is 5.61. The van der Waals surface area contributed by atoms with E-state index in [0.29, 0.717) is 11.3 Å². The zero-order valence-electron chi connectivity index (χ0n) is 10.8. The number of aromatic nitrogens is 1. The third-order valence-electron chi connectivity index (χ3n) is 2.44. The van der Waals surface area contributed by atoms with E-state index in [-0.39, 0.29) is 24.8 Å². The maximum atomic E-state index is 11.8. The van der Waals surface area contributed by atoms with Crippen LogP contribution in [0.2, 0.25) is 0 Å². The van der Waals surface area contributed by atoms with E-state index in [0.717, 1.165) is 0 Å². The van der Waals surface area contributed by atoms with Crippen molar-refractivity contribution in [2.75, 3.05) is 13.1 Å². The molecule has 100 valence electrons. The number of carbonyl (C=O) groups is 3. The highest BCUT2D eigenvalue weighted by Gasteiger charge is 2.14. The first-order valence-corrected chi connectivity index (χ1v) is 5.61. The molecule has 6 heteroatoms. The van der Waals surface area contributed by atoms with Crippen LogP contribution in [0, 0.1) is 12.3 Å². The second kappa shape index (κ2) is 6.40. The van der Waals surface area contributed by atoms with Crippen LogP contribution in [0.3, 0.4) is 0 Å². The Morgan fingerprint density at radius 3 is 2.58 bits per heavy atom. The van der Waals surface area contributed by atoms with Crippen molar-refractivity contribution in [3.8, 4) is 12.3 Å². The zero-order chi connectivity index (χ0) is 14.4. The van der Waals surface area contributed by atoms with Crippen LogP contribution in [-0.2, 0) is 11.8 Å². The van der Waals surface area contributed by atoms with E-state index >= 15 is 0 Å². The lowest BCUT2D eigenvalue weighted by molar-refractivity contribution is -0.119. The third-order valence-corrected chi connectivity index (χ3v) is 2.44. The fourth-order valence-electron chi connectivity index (χ4n) is 1.45. The number of hydrogen-bond donors (Lipinski definition) is 2. The second-order valence-electron chi connectivity index (χ2n) is 3.94. The van der Waals surface area contributed by atoms with Crippen LogP contribution in [0.1, 0.15) is 27.8 Å². The van der Waals surface area contributed by atoms with E-state index < -0.39 is 5.91 Å². The molecule has 0 spiro atoms. The van der Waals surface area contributed by atoms with Gasteiger partial charge in [-0.25, -0.2) is 0 Å². The van der Waals surface area contributed by atoms with E-state index in [4.69, 9.17) is 6.42 Å². The Hall–Kier alpha value is -2.55. The van der Waals surface area contributed by atoms with Crippen molar-refractivity contribution in [3.63, 3.8) is 0 Å². The molecule has 1 heterocycles. The molecule has 0 aliphatic carbocycles. The number of ketones is 1. The van der Waals surface area contributed by atoms with Gasteiger partial charge in [0.1, 0.15) is 5.69 Å². The SMILES string of the molecule is C#CCNC(=O)CNC(=O)c1cc(C(C)=O)cn1C. The summed E-state index contributed by atoms with van der Waals surface area (Å²) in [5, 5.41) is 4.88. The van der Waals surface area contributed by atoms with E-state index in [1.54, 1.807) is 13.2 Å². The van der Waals surface area contributed by atoms with Crippen molar-refractivity contribution in [2.45, 2.75) is 6.92 Å². The van der Waals surface area contributed by atoms with E-state index in [9.17, 15) is 14.4 Å². The lowest BCUT2D eigenvalue weighted by Crippen LogP contribution is -2.37. The summed E-state index contributed by atoms with van der Waals surface area (Å²) < 4.78 is 1.53. The summed E-state index contributed by atoms with van der Waals surface area (Å²) in [6, 6.07) is 1.48. The number of carbonyl (C=O) groups excluding carboxylic acids is 3. The summed E-state index contributed by atoms with van der Waals surface area (Å²) in [5.74, 6) is 1.34. The molecule has 0 aromatic carbocycles. The van der Waals surface area contributed by atoms with Gasteiger partial charge in [0, 0.05) is 18.8 Å². The van der Waals surface area contributed by atoms with E-state index in [1.807, 2.05) is 0 Å². The molecule has 0 aliphatic heterocycles. The minimum atomic E-state index is -0.425. The van der Waals surface area contributed by atoms with Gasteiger partial charge in [0.2, 0.25) is 5.91 Å². The topological polar surface area (TPSA) is 80.2 Å². The van der Waals surface area contributed by atoms with Gasteiger partial charge < -0.3 is 15.2 Å². The molecular formula is C13H15N3O3. The molecule has 0 atom stereocenters. The van der Waals surface area contributed by atoms with Crippen molar-refractivity contribution in [1.82, 2.24) is 15.2 Å². The molecule has 0 fully saturated rings. The smallest absolute Gasteiger partial charge is 0.268 e. The van der Waals surface area contributed by atoms with Crippen LogP contribution in [0.4, 0.5) is 0 Å². The molecule has 19 heavy (non-hydrogen) atoms. The van der Waals surface area contributed by atoms with Gasteiger partial charge >= 0.3 is 0 Å². The highest BCUT2D eigenvalue weighted by molar-refractivity contribution is 6.00. The Bertz CT molecular complexity index is 552. The molecule has 1 rings (SSSR count). The molecule has 1 aromatic rings. The number of amides is 2. The number of aryl methyl sites for hydroxylation is 1. The molecule has 0 unspecified atom stereocenters. The fourth-order valence-corrected chi connectivity index (χ4v) is 1.45. The van der Waals surface area contributed by atoms with Crippen LogP contribution in [0.15, 0.2) is 12.3 Å². The van der Waals surface area contributed by atoms with Gasteiger partial charge in [0.15, 0.2) is 5.78 Å². The fraction of sp³-hybridized carbons (Fsp3) is 0.308. The normalized spacial score (nSPS) is 9.53. The monoisotopic (exact) mass is 261 g/mol. The number of nitrogens with one attached hydrogen (secondary N) is 2. The quantitative estimate of drug-likeness (QED) is 0.564. The average Bonchev–Trinajstić information content (AvgIpc) is 2.75. The molecule has 0 aliphatic rings. The highest BCUT2D eigenvalue weighted by Crippen LogP contribution is 2.07. The lowest BCUT2D eigenvalue weighted by atomic mass is 10.2. The minimum Gasteiger partial charge on any atom is -0.346 e. The van der Waals surface area contributed by atoms with Crippen molar-refractivity contribution in [1.29, 1.82) is 0 Å². The average molecular weight is 261 g/mol. The third kappa shape index (κ3) is 4.00. The molecule has 2 amide bonds. The number of hydrogen-bond acceptors (Lipinski definition) is 3. The Labute approximate surface area is 111 Å². The van der Waals surface area contributed by atoms with Crippen LogP contribution < -0.4 is 10.6 Å². The predicted octanol–water partition coefficient (Wildman–Crippen LogP) is -0.293. The summed E-state index contributed by atoms with van der Waals surface area (Å²) in [7, 11) is 1.65. The number of terminal acetylenes is 1. The minimum absolute atomic E-state index is 0.118. The highest BCUT2D eigenvalue weighted by atomic mass is 16.2. The van der Waals surface area contributed by atoms with Crippen molar-refractivity contribution < 1.29 is 14.4 Å². The van der Waals surface area contributed by atoms with Crippen molar-refractivity contribution in [2.24, 2.45) is 7.05 Å². The Morgan fingerprint density at radius 1 is 1.37 bits per heavy atom. The maximum Gasteiger partial charge on any atom is 0.268 e. The Morgan fingerprint density at radius 2 is 2.05 bits per heavy atom. The number of Topliss-reactive ketones (excluding diaryl/α,β-unsaturated/α-hetero) is 1. The summed E-state index contributed by atoms with van der Waals surface area (Å²) in [6.45, 7) is 1.37. The first kappa shape index (κ1) is 14.5. The van der Waals surface area contributed by atoms with Crippen LogP contribution in [0.5, 0.6) is 0 Å². The van der Waals surface area contributed by atoms with Gasteiger partial charge in [0.25, 0.3) is 5.91 Å². The summed E-state index contributed by atoms with van der Waals surface area (Å²) in [6.07, 6.45) is 6.55. The summed E-state index contributed by atoms with van der Waals surface area (Å²) >= 11 is 0. The standard InChI is InChI=1S/C13H15N3O3/c1-4-5-14-12(18)7-15-13(19)11-6-10(9(2)17)8-16(11)3/h1,6,8H,5,7H2,2-3H3,(H,14,18)(H,15,19). The van der Waals surface area contributed by atoms with Gasteiger partial charge in [-0.05, 0) is 13.0 Å². The van der Waals surface area contributed by atoms with Gasteiger partial charge in [-0.2, -0.15) is 0 Å². The molecule has 0 bridgehead atoms. The van der Waals surface area contributed by atoms with Gasteiger partial charge in [-0.3, -0.25) is 14.4 Å². The Kier molecular flexibility index (Phi) is 4.89. The summed E-state index contributed by atoms with van der Waals surface area (Å²) in [4.78, 5) is 34.3. The van der Waals surface area contributed by atoms with Crippen LogP contribution in [-0.4, -0.2) is 35.3 Å². The second-order valence-corrected chi connectivity index (χ2v) is 3.94. The van der Waals surface area contributed by atoms with Gasteiger partial charge in [-0.15, -0.1) is 6.42 Å². The predicted molar refractivity (Wildman–Crippen MR) is 69.6 cm³/mol. The van der Waals surface area contributed by atoms with E-state index in [1.165, 1.54) is 17.6 Å². The molecule has 1 aromatic heterocycles. The largest absolute Gasteiger partial charge is 0.346 e. The summed E-state index contributed by atoms with van der Waals surface area (Å²) in [5.41, 5.74) is 0.763. The van der Waals surface area contributed by atoms with Gasteiger partial charge in [-0.1, -0.05) is 5.92 Å². The molecular weight excluding hydrogens is 246 g/mol. The molecule has 0 radical (unpaired) electrons. The van der Waals surface area contributed by atoms with Crippen LogP contribution in [0.25, 0.3) is 0 Å². The molecule has 2 N–H and O–H groups in total. The zero-order valence-corrected chi connectivity index (χ0v) is 10.8. The number of nitrogens with zero attached hydrogens (tertiary/aromatic N) is 1. The van der Waals surface area contributed by atoms with Crippen molar-refractivity contribution >= 4 is 17.6 Å². The lowest BCUT2D eigenvalue weighted by Gasteiger charge is -2.05. The molecule has 0 saturated heterocycles. The molecule has 6 nitrogen and oxygen atoms in total.